The van der Waals surface area contributed by atoms with Gasteiger partial charge in [-0.05, 0) is 0 Å². The molecule has 0 aromatic carbocycles. The Morgan fingerprint density at radius 2 is 2.38 bits per heavy atom. The second kappa shape index (κ2) is 2.03. The molecule has 0 bridgehead atoms. The zero-order chi connectivity index (χ0) is 8.84. The minimum Gasteiger partial charge on any atom is -0.310 e. The molecule has 0 fully saturated rings. The van der Waals surface area contributed by atoms with Gasteiger partial charge in [0, 0.05) is 5.56 Å². The van der Waals surface area contributed by atoms with Crippen LogP contribution in [0.2, 0.25) is 0 Å². The van der Waals surface area contributed by atoms with Gasteiger partial charge in [-0.3, -0.25) is 4.79 Å². The highest BCUT2D eigenvalue weighted by Gasteiger charge is 2.22. The summed E-state index contributed by atoms with van der Waals surface area (Å²) >= 11 is 0. The third kappa shape index (κ3) is 0.765. The monoisotopic (exact) mass is 175 g/mol. The second-order valence-corrected chi connectivity index (χ2v) is 2.82. The molecule has 1 aliphatic rings. The highest BCUT2D eigenvalue weighted by Crippen LogP contribution is 2.22. The molecular weight excluding hydrogens is 170 g/mol. The molecule has 0 radical (unpaired) electrons. The molecule has 0 unspecified atom stereocenters. The average Bonchev–Trinajstić information content (AvgIpc) is 2.65. The maximum atomic E-state index is 11.1. The van der Waals surface area contributed by atoms with E-state index in [9.17, 15) is 4.79 Å². The summed E-state index contributed by atoms with van der Waals surface area (Å²) in [5, 5.41) is 6.57. The van der Waals surface area contributed by atoms with Gasteiger partial charge >= 0.3 is 0 Å². The second-order valence-electron chi connectivity index (χ2n) is 2.82. The molecule has 3 rings (SSSR count). The van der Waals surface area contributed by atoms with Crippen LogP contribution >= 0.6 is 0 Å². The van der Waals surface area contributed by atoms with Crippen LogP contribution in [-0.4, -0.2) is 25.5 Å². The number of hydrogen-bond acceptors (Lipinski definition) is 4. The van der Waals surface area contributed by atoms with Crippen molar-refractivity contribution in [3.8, 4) is 0 Å². The first kappa shape index (κ1) is 6.53. The SMILES string of the molecule is O=C1Cc2c(ncn3ncnc23)N1. The first-order valence-corrected chi connectivity index (χ1v) is 3.81. The third-order valence-corrected chi connectivity index (χ3v) is 2.02. The van der Waals surface area contributed by atoms with Gasteiger partial charge in [-0.1, -0.05) is 0 Å². The van der Waals surface area contributed by atoms with Crippen molar-refractivity contribution in [3.63, 3.8) is 0 Å². The lowest BCUT2D eigenvalue weighted by atomic mass is 10.2. The Balaban J connectivity index is 2.40. The van der Waals surface area contributed by atoms with Crippen LogP contribution < -0.4 is 5.32 Å². The molecule has 0 aliphatic carbocycles. The van der Waals surface area contributed by atoms with Crippen LogP contribution in [0.25, 0.3) is 5.65 Å². The molecule has 1 N–H and O–H groups in total. The molecule has 6 nitrogen and oxygen atoms in total. The van der Waals surface area contributed by atoms with Gasteiger partial charge in [-0.15, -0.1) is 0 Å². The molecular formula is C7H5N5O. The number of hydrogen-bond donors (Lipinski definition) is 1. The standard InChI is InChI=1S/C7H5N5O/c13-5-1-4-6(11-5)9-3-12-7(4)8-2-10-12/h2-3H,1H2,(H,11,13). The van der Waals surface area contributed by atoms with Crippen LogP contribution in [0.4, 0.5) is 5.82 Å². The van der Waals surface area contributed by atoms with Crippen LogP contribution in [0, 0.1) is 0 Å². The number of anilines is 1. The minimum absolute atomic E-state index is 0.0430. The van der Waals surface area contributed by atoms with Crippen molar-refractivity contribution in [2.45, 2.75) is 6.42 Å². The van der Waals surface area contributed by atoms with Crippen LogP contribution in [0.15, 0.2) is 12.7 Å². The van der Waals surface area contributed by atoms with Gasteiger partial charge in [0.2, 0.25) is 5.91 Å². The molecule has 1 amide bonds. The topological polar surface area (TPSA) is 72.2 Å². The van der Waals surface area contributed by atoms with Gasteiger partial charge in [0.25, 0.3) is 0 Å². The van der Waals surface area contributed by atoms with Gasteiger partial charge < -0.3 is 5.32 Å². The van der Waals surface area contributed by atoms with Gasteiger partial charge in [0.05, 0.1) is 6.42 Å². The van der Waals surface area contributed by atoms with E-state index < -0.39 is 0 Å². The first-order valence-electron chi connectivity index (χ1n) is 3.81. The average molecular weight is 175 g/mol. The van der Waals surface area contributed by atoms with E-state index in [0.717, 1.165) is 5.56 Å². The Labute approximate surface area is 72.6 Å². The predicted octanol–water partition coefficient (Wildman–Crippen LogP) is -0.381. The summed E-state index contributed by atoms with van der Waals surface area (Å²) < 4.78 is 1.55. The van der Waals surface area contributed by atoms with E-state index in [1.807, 2.05) is 0 Å². The van der Waals surface area contributed by atoms with Crippen LogP contribution in [0.3, 0.4) is 0 Å². The summed E-state index contributed by atoms with van der Waals surface area (Å²) in [5.74, 6) is 0.559. The highest BCUT2D eigenvalue weighted by atomic mass is 16.1. The Morgan fingerprint density at radius 3 is 3.31 bits per heavy atom. The van der Waals surface area contributed by atoms with Gasteiger partial charge in [0.1, 0.15) is 18.5 Å². The van der Waals surface area contributed by atoms with Crippen molar-refractivity contribution in [1.82, 2.24) is 19.6 Å². The Morgan fingerprint density at radius 1 is 1.46 bits per heavy atom. The maximum Gasteiger partial charge on any atom is 0.230 e. The van der Waals surface area contributed by atoms with Crippen molar-refractivity contribution >= 4 is 17.4 Å². The fourth-order valence-electron chi connectivity index (χ4n) is 1.45. The van der Waals surface area contributed by atoms with E-state index in [-0.39, 0.29) is 5.91 Å². The van der Waals surface area contributed by atoms with E-state index in [0.29, 0.717) is 17.9 Å². The number of nitrogens with one attached hydrogen (secondary N) is 1. The van der Waals surface area contributed by atoms with Crippen LogP contribution in [0.1, 0.15) is 5.56 Å². The lowest BCUT2D eigenvalue weighted by Gasteiger charge is -1.96. The lowest BCUT2D eigenvalue weighted by molar-refractivity contribution is -0.115. The number of rotatable bonds is 0. The Hall–Kier alpha value is -1.98. The van der Waals surface area contributed by atoms with Crippen molar-refractivity contribution in [2.75, 3.05) is 5.32 Å². The number of carbonyl (C=O) groups excluding carboxylic acids is 1. The number of nitrogens with zero attached hydrogens (tertiary/aromatic N) is 4. The fraction of sp³-hybridized carbons (Fsp3) is 0.143. The maximum absolute atomic E-state index is 11.1. The van der Waals surface area contributed by atoms with Crippen molar-refractivity contribution in [1.29, 1.82) is 0 Å². The molecule has 13 heavy (non-hydrogen) atoms. The normalized spacial score (nSPS) is 14.6. The third-order valence-electron chi connectivity index (χ3n) is 2.02. The molecule has 0 atom stereocenters. The van der Waals surface area contributed by atoms with Crippen LogP contribution in [-0.2, 0) is 11.2 Å². The summed E-state index contributed by atoms with van der Waals surface area (Å²) in [6.07, 6.45) is 3.32. The number of amides is 1. The van der Waals surface area contributed by atoms with E-state index in [1.165, 1.54) is 12.7 Å². The van der Waals surface area contributed by atoms with E-state index in [4.69, 9.17) is 0 Å². The zero-order valence-electron chi connectivity index (χ0n) is 6.56. The number of carbonyl (C=O) groups is 1. The summed E-state index contributed by atoms with van der Waals surface area (Å²) in [4.78, 5) is 19.1. The molecule has 0 saturated carbocycles. The highest BCUT2D eigenvalue weighted by molar-refractivity contribution is 5.99. The first-order chi connectivity index (χ1) is 6.34. The quantitative estimate of drug-likeness (QED) is 0.592. The summed E-state index contributed by atoms with van der Waals surface area (Å²) in [5.41, 5.74) is 1.52. The summed E-state index contributed by atoms with van der Waals surface area (Å²) in [6.45, 7) is 0. The van der Waals surface area contributed by atoms with E-state index >= 15 is 0 Å². The molecule has 2 aromatic heterocycles. The van der Waals surface area contributed by atoms with Gasteiger partial charge in [-0.25, -0.2) is 14.5 Å². The smallest absolute Gasteiger partial charge is 0.230 e. The molecule has 0 spiro atoms. The summed E-state index contributed by atoms with van der Waals surface area (Å²) in [6, 6.07) is 0. The molecule has 0 saturated heterocycles. The van der Waals surface area contributed by atoms with Crippen molar-refractivity contribution in [3.05, 3.63) is 18.2 Å². The lowest BCUT2D eigenvalue weighted by Crippen LogP contribution is -2.04. The van der Waals surface area contributed by atoms with Crippen molar-refractivity contribution in [2.24, 2.45) is 0 Å². The predicted molar refractivity (Wildman–Crippen MR) is 43.1 cm³/mol. The molecule has 64 valence electrons. The molecule has 6 heteroatoms. The molecule has 2 aromatic rings. The number of aromatic nitrogens is 4. The van der Waals surface area contributed by atoms with Gasteiger partial charge in [-0.2, -0.15) is 5.10 Å². The Bertz CT molecular complexity index is 503. The van der Waals surface area contributed by atoms with E-state index in [2.05, 4.69) is 20.4 Å². The van der Waals surface area contributed by atoms with Crippen molar-refractivity contribution < 1.29 is 4.79 Å². The summed E-state index contributed by atoms with van der Waals surface area (Å²) in [7, 11) is 0. The van der Waals surface area contributed by atoms with Crippen LogP contribution in [0.5, 0.6) is 0 Å². The largest absolute Gasteiger partial charge is 0.310 e. The van der Waals surface area contributed by atoms with Gasteiger partial charge in [0.15, 0.2) is 5.65 Å². The minimum atomic E-state index is -0.0430. The zero-order valence-corrected chi connectivity index (χ0v) is 6.56. The van der Waals surface area contributed by atoms with E-state index in [1.54, 1.807) is 4.52 Å². The Kier molecular flexibility index (Phi) is 1.02. The molecule has 3 heterocycles. The fourth-order valence-corrected chi connectivity index (χ4v) is 1.45. The number of fused-ring (bicyclic) bond motifs is 3. The molecule has 1 aliphatic heterocycles.